The Morgan fingerprint density at radius 1 is 1.29 bits per heavy atom. The molecule has 1 aliphatic rings. The number of hydrogen-bond donors (Lipinski definition) is 1. The summed E-state index contributed by atoms with van der Waals surface area (Å²) in [4.78, 5) is 16.4. The Hall–Kier alpha value is -1.96. The second-order valence-corrected chi connectivity index (χ2v) is 6.26. The van der Waals surface area contributed by atoms with Gasteiger partial charge < -0.3 is 4.79 Å². The van der Waals surface area contributed by atoms with Gasteiger partial charge in [0.15, 0.2) is 0 Å². The normalized spacial score (nSPS) is 18.0. The third kappa shape index (κ3) is 2.63. The smallest absolute Gasteiger partial charge is 0.292 e. The maximum Gasteiger partial charge on any atom is 0.292 e. The van der Waals surface area contributed by atoms with E-state index in [4.69, 9.17) is 9.39 Å². The molecule has 0 radical (unpaired) electrons. The van der Waals surface area contributed by atoms with Crippen LogP contribution >= 0.6 is 0 Å². The average molecular weight is 307 g/mol. The zero-order valence-electron chi connectivity index (χ0n) is 11.0. The first-order chi connectivity index (χ1) is 9.99. The highest BCUT2D eigenvalue weighted by molar-refractivity contribution is 7.85. The van der Waals surface area contributed by atoms with Crippen molar-refractivity contribution in [3.05, 3.63) is 42.0 Å². The third-order valence-electron chi connectivity index (χ3n) is 3.43. The minimum Gasteiger partial charge on any atom is -0.301 e. The Kier molecular flexibility index (Phi) is 3.40. The van der Waals surface area contributed by atoms with Gasteiger partial charge in [-0.3, -0.25) is 9.39 Å². The van der Waals surface area contributed by atoms with E-state index < -0.39 is 22.1 Å². The van der Waals surface area contributed by atoms with Gasteiger partial charge in [-0.2, -0.15) is 8.42 Å². The minimum atomic E-state index is -4.28. The summed E-state index contributed by atoms with van der Waals surface area (Å²) in [5.74, 6) is -0.889. The number of rotatable bonds is 4. The molecule has 0 saturated heterocycles. The fourth-order valence-electron chi connectivity index (χ4n) is 2.59. The third-order valence-corrected chi connectivity index (χ3v) is 3.84. The molecule has 0 saturated carbocycles. The van der Waals surface area contributed by atoms with Crippen LogP contribution in [-0.2, 0) is 26.2 Å². The molecule has 1 atom stereocenters. The number of carbonyl (C=O) groups excluding carboxylic acids is 1. The van der Waals surface area contributed by atoms with Crippen LogP contribution in [0.4, 0.5) is 5.69 Å². The molecule has 110 valence electrons. The van der Waals surface area contributed by atoms with Crippen LogP contribution in [0.15, 0.2) is 36.4 Å². The van der Waals surface area contributed by atoms with Gasteiger partial charge in [0.1, 0.15) is 12.3 Å². The maximum atomic E-state index is 11.2. The number of hydroxylamine groups is 1. The van der Waals surface area contributed by atoms with Crippen molar-refractivity contribution >= 4 is 32.9 Å². The number of aldehydes is 1. The van der Waals surface area contributed by atoms with Crippen molar-refractivity contribution < 1.29 is 22.6 Å². The predicted octanol–water partition coefficient (Wildman–Crippen LogP) is 1.55. The lowest BCUT2D eigenvalue weighted by atomic mass is 10.0. The van der Waals surface area contributed by atoms with E-state index in [-0.39, 0.29) is 0 Å². The van der Waals surface area contributed by atoms with Gasteiger partial charge >= 0.3 is 0 Å². The zero-order valence-corrected chi connectivity index (χ0v) is 11.8. The molecule has 1 heterocycles. The van der Waals surface area contributed by atoms with E-state index in [2.05, 4.69) is 0 Å². The molecule has 0 aromatic heterocycles. The highest BCUT2D eigenvalue weighted by Crippen LogP contribution is 2.38. The number of fused-ring (bicyclic) bond motifs is 3. The lowest BCUT2D eigenvalue weighted by Crippen LogP contribution is -2.35. The van der Waals surface area contributed by atoms with Crippen LogP contribution in [0.5, 0.6) is 0 Å². The molecule has 0 aliphatic carbocycles. The van der Waals surface area contributed by atoms with Gasteiger partial charge in [-0.1, -0.05) is 36.4 Å². The Labute approximate surface area is 121 Å². The number of carbonyl (C=O) groups is 1. The van der Waals surface area contributed by atoms with Crippen molar-refractivity contribution in [3.63, 3.8) is 0 Å². The Balaban J connectivity index is 2.08. The van der Waals surface area contributed by atoms with Gasteiger partial charge in [0.25, 0.3) is 10.1 Å². The van der Waals surface area contributed by atoms with Crippen LogP contribution in [0, 0.1) is 0 Å². The molecule has 3 rings (SSSR count). The van der Waals surface area contributed by atoms with Crippen molar-refractivity contribution in [1.29, 1.82) is 0 Å². The van der Waals surface area contributed by atoms with Crippen LogP contribution in [0.3, 0.4) is 0 Å². The van der Waals surface area contributed by atoms with Crippen molar-refractivity contribution in [1.82, 2.24) is 0 Å². The molecule has 1 aliphatic heterocycles. The van der Waals surface area contributed by atoms with Crippen molar-refractivity contribution in [3.8, 4) is 0 Å². The van der Waals surface area contributed by atoms with E-state index in [0.717, 1.165) is 16.3 Å². The van der Waals surface area contributed by atoms with E-state index in [1.165, 1.54) is 5.06 Å². The number of benzene rings is 2. The van der Waals surface area contributed by atoms with E-state index >= 15 is 0 Å². The van der Waals surface area contributed by atoms with Gasteiger partial charge in [-0.05, 0) is 10.9 Å². The lowest BCUT2D eigenvalue weighted by molar-refractivity contribution is -0.110. The average Bonchev–Trinajstić information content (AvgIpc) is 2.82. The van der Waals surface area contributed by atoms with E-state index in [0.29, 0.717) is 18.4 Å². The van der Waals surface area contributed by atoms with Crippen LogP contribution in [0.2, 0.25) is 0 Å². The summed E-state index contributed by atoms with van der Waals surface area (Å²) in [5.41, 5.74) is 1.58. The highest BCUT2D eigenvalue weighted by atomic mass is 32.2. The zero-order chi connectivity index (χ0) is 15.0. The predicted molar refractivity (Wildman–Crippen MR) is 77.5 cm³/mol. The molecular weight excluding hydrogens is 294 g/mol. The molecular formula is C14H13NO5S. The summed E-state index contributed by atoms with van der Waals surface area (Å²) in [7, 11) is -4.28. The van der Waals surface area contributed by atoms with Crippen LogP contribution < -0.4 is 5.06 Å². The standard InChI is InChI=1S/C14H13NO5S/c16-8-12-7-11-6-5-10-3-1-2-4-13(10)14(11)15(12)20-9-21(17,18)19/h1-6,8,12H,7,9H2,(H,17,18,19). The highest BCUT2D eigenvalue weighted by Gasteiger charge is 2.32. The molecule has 0 amide bonds. The lowest BCUT2D eigenvalue weighted by Gasteiger charge is -2.23. The monoisotopic (exact) mass is 307 g/mol. The number of hydrogen-bond acceptors (Lipinski definition) is 5. The second kappa shape index (κ2) is 5.10. The van der Waals surface area contributed by atoms with Gasteiger partial charge in [0.2, 0.25) is 5.94 Å². The molecule has 1 unspecified atom stereocenters. The fraction of sp³-hybridized carbons (Fsp3) is 0.214. The SMILES string of the molecule is O=CC1Cc2ccc3ccccc3c2N1OCS(=O)(=O)O. The summed E-state index contributed by atoms with van der Waals surface area (Å²) < 4.78 is 30.6. The molecule has 0 bridgehead atoms. The molecule has 2 aromatic carbocycles. The van der Waals surface area contributed by atoms with Gasteiger partial charge in [0, 0.05) is 11.8 Å². The van der Waals surface area contributed by atoms with Crippen molar-refractivity contribution in [2.24, 2.45) is 0 Å². The molecule has 0 fully saturated rings. The van der Waals surface area contributed by atoms with Crippen molar-refractivity contribution in [2.75, 3.05) is 11.0 Å². The first-order valence-corrected chi connectivity index (χ1v) is 7.94. The first-order valence-electron chi connectivity index (χ1n) is 6.33. The summed E-state index contributed by atoms with van der Waals surface area (Å²) >= 11 is 0. The summed E-state index contributed by atoms with van der Waals surface area (Å²) in [6.07, 6.45) is 1.15. The number of anilines is 1. The quantitative estimate of drug-likeness (QED) is 0.681. The van der Waals surface area contributed by atoms with Crippen LogP contribution in [0.25, 0.3) is 10.8 Å². The van der Waals surface area contributed by atoms with Gasteiger partial charge in [-0.25, -0.2) is 5.06 Å². The van der Waals surface area contributed by atoms with E-state index in [9.17, 15) is 13.2 Å². The molecule has 7 heteroatoms. The Bertz CT molecular complexity index is 802. The fourth-order valence-corrected chi connectivity index (χ4v) is 2.83. The second-order valence-electron chi connectivity index (χ2n) is 4.86. The molecule has 6 nitrogen and oxygen atoms in total. The molecule has 21 heavy (non-hydrogen) atoms. The molecule has 1 N–H and O–H groups in total. The minimum absolute atomic E-state index is 0.440. The largest absolute Gasteiger partial charge is 0.301 e. The van der Waals surface area contributed by atoms with Gasteiger partial charge in [-0.15, -0.1) is 0 Å². The van der Waals surface area contributed by atoms with Crippen molar-refractivity contribution in [2.45, 2.75) is 12.5 Å². The molecule has 0 spiro atoms. The topological polar surface area (TPSA) is 83.9 Å². The van der Waals surface area contributed by atoms with E-state index in [1.807, 2.05) is 36.4 Å². The summed E-state index contributed by atoms with van der Waals surface area (Å²) in [6, 6.07) is 10.8. The first kappa shape index (κ1) is 14.0. The summed E-state index contributed by atoms with van der Waals surface area (Å²) in [5, 5.41) is 3.11. The number of nitrogens with zero attached hydrogens (tertiary/aromatic N) is 1. The Morgan fingerprint density at radius 2 is 2.05 bits per heavy atom. The van der Waals surface area contributed by atoms with Crippen LogP contribution in [-0.4, -0.2) is 31.2 Å². The Morgan fingerprint density at radius 3 is 2.76 bits per heavy atom. The van der Waals surface area contributed by atoms with Crippen LogP contribution in [0.1, 0.15) is 5.56 Å². The molecule has 2 aromatic rings. The maximum absolute atomic E-state index is 11.2. The summed E-state index contributed by atoms with van der Waals surface area (Å²) in [6.45, 7) is 0. The van der Waals surface area contributed by atoms with Gasteiger partial charge in [0.05, 0.1) is 5.69 Å². The van der Waals surface area contributed by atoms with E-state index in [1.54, 1.807) is 0 Å².